The molecule has 3 rings (SSSR count). The van der Waals surface area contributed by atoms with E-state index in [9.17, 15) is 10.1 Å². The van der Waals surface area contributed by atoms with Crippen LogP contribution in [0.2, 0.25) is 0 Å². The lowest BCUT2D eigenvalue weighted by atomic mass is 9.77. The van der Waals surface area contributed by atoms with Gasteiger partial charge in [-0.2, -0.15) is 10.1 Å². The SMILES string of the molecule is CC(C)(c1nc(C2(N)CCC2)no1)n1cc([N+](=O)[O-])cn1. The number of hydrogen-bond acceptors (Lipinski definition) is 7. The summed E-state index contributed by atoms with van der Waals surface area (Å²) in [6, 6.07) is 0. The Hall–Kier alpha value is -2.29. The van der Waals surface area contributed by atoms with Gasteiger partial charge in [-0.05, 0) is 33.1 Å². The van der Waals surface area contributed by atoms with Gasteiger partial charge in [-0.3, -0.25) is 14.8 Å². The maximum Gasteiger partial charge on any atom is 0.307 e. The van der Waals surface area contributed by atoms with Crippen molar-refractivity contribution in [2.24, 2.45) is 5.73 Å². The van der Waals surface area contributed by atoms with Gasteiger partial charge in [0.1, 0.15) is 17.9 Å². The van der Waals surface area contributed by atoms with E-state index in [-0.39, 0.29) is 5.69 Å². The van der Waals surface area contributed by atoms with Crippen molar-refractivity contribution in [2.75, 3.05) is 0 Å². The van der Waals surface area contributed by atoms with Crippen LogP contribution in [0.25, 0.3) is 0 Å². The first-order chi connectivity index (χ1) is 9.83. The van der Waals surface area contributed by atoms with Gasteiger partial charge in [0.25, 0.3) is 5.89 Å². The molecule has 1 saturated carbocycles. The molecular formula is C12H16N6O3. The van der Waals surface area contributed by atoms with Crippen LogP contribution in [-0.4, -0.2) is 24.8 Å². The fourth-order valence-corrected chi connectivity index (χ4v) is 2.27. The molecule has 0 atom stereocenters. The van der Waals surface area contributed by atoms with E-state index in [0.29, 0.717) is 11.7 Å². The van der Waals surface area contributed by atoms with Gasteiger partial charge in [-0.15, -0.1) is 0 Å². The Morgan fingerprint density at radius 2 is 2.24 bits per heavy atom. The summed E-state index contributed by atoms with van der Waals surface area (Å²) in [5.74, 6) is 0.811. The maximum absolute atomic E-state index is 10.7. The second-order valence-electron chi connectivity index (χ2n) is 5.89. The highest BCUT2D eigenvalue weighted by Gasteiger charge is 2.41. The van der Waals surface area contributed by atoms with E-state index in [1.807, 2.05) is 0 Å². The highest BCUT2D eigenvalue weighted by atomic mass is 16.6. The van der Waals surface area contributed by atoms with Gasteiger partial charge in [-0.1, -0.05) is 5.16 Å². The summed E-state index contributed by atoms with van der Waals surface area (Å²) < 4.78 is 6.74. The molecule has 2 N–H and O–H groups in total. The van der Waals surface area contributed by atoms with E-state index in [1.54, 1.807) is 13.8 Å². The molecule has 1 fully saturated rings. The Morgan fingerprint density at radius 3 is 2.76 bits per heavy atom. The third-order valence-electron chi connectivity index (χ3n) is 3.99. The lowest BCUT2D eigenvalue weighted by Gasteiger charge is -2.34. The van der Waals surface area contributed by atoms with Gasteiger partial charge in [-0.25, -0.2) is 0 Å². The molecule has 0 unspecified atom stereocenters. The maximum atomic E-state index is 10.7. The molecule has 0 bridgehead atoms. The first-order valence-electron chi connectivity index (χ1n) is 6.66. The molecule has 0 spiro atoms. The molecule has 9 nitrogen and oxygen atoms in total. The van der Waals surface area contributed by atoms with Crippen molar-refractivity contribution in [1.29, 1.82) is 0 Å². The molecule has 21 heavy (non-hydrogen) atoms. The first-order valence-corrected chi connectivity index (χ1v) is 6.66. The third kappa shape index (κ3) is 2.09. The van der Waals surface area contributed by atoms with Crippen LogP contribution in [0.3, 0.4) is 0 Å². The number of rotatable bonds is 4. The normalized spacial score (nSPS) is 17.5. The predicted octanol–water partition coefficient (Wildman–Crippen LogP) is 1.30. The Morgan fingerprint density at radius 1 is 1.52 bits per heavy atom. The lowest BCUT2D eigenvalue weighted by Crippen LogP contribution is -2.44. The van der Waals surface area contributed by atoms with E-state index in [2.05, 4.69) is 15.2 Å². The number of aromatic nitrogens is 4. The van der Waals surface area contributed by atoms with E-state index in [1.165, 1.54) is 17.1 Å². The fraction of sp³-hybridized carbons (Fsp3) is 0.583. The summed E-state index contributed by atoms with van der Waals surface area (Å²) >= 11 is 0. The van der Waals surface area contributed by atoms with Crippen molar-refractivity contribution in [3.05, 3.63) is 34.2 Å². The first kappa shape index (κ1) is 13.7. The van der Waals surface area contributed by atoms with Gasteiger partial charge < -0.3 is 10.3 Å². The molecule has 1 aliphatic rings. The van der Waals surface area contributed by atoms with Crippen LogP contribution >= 0.6 is 0 Å². The molecule has 0 aromatic carbocycles. The van der Waals surface area contributed by atoms with E-state index < -0.39 is 16.0 Å². The van der Waals surface area contributed by atoms with Crippen LogP contribution in [0, 0.1) is 10.1 Å². The van der Waals surface area contributed by atoms with Gasteiger partial charge in [0.15, 0.2) is 5.82 Å². The highest BCUT2D eigenvalue weighted by molar-refractivity contribution is 5.23. The van der Waals surface area contributed by atoms with Crippen molar-refractivity contribution in [3.63, 3.8) is 0 Å². The van der Waals surface area contributed by atoms with Gasteiger partial charge in [0, 0.05) is 0 Å². The van der Waals surface area contributed by atoms with Gasteiger partial charge >= 0.3 is 5.69 Å². The minimum atomic E-state index is -0.792. The summed E-state index contributed by atoms with van der Waals surface area (Å²) in [7, 11) is 0. The smallest absolute Gasteiger partial charge is 0.307 e. The van der Waals surface area contributed by atoms with Crippen molar-refractivity contribution < 1.29 is 9.45 Å². The number of nitrogens with zero attached hydrogens (tertiary/aromatic N) is 5. The van der Waals surface area contributed by atoms with E-state index in [0.717, 1.165) is 19.3 Å². The molecule has 0 saturated heterocycles. The highest BCUT2D eigenvalue weighted by Crippen LogP contribution is 2.38. The Balaban J connectivity index is 1.92. The monoisotopic (exact) mass is 292 g/mol. The van der Waals surface area contributed by atoms with Crippen LogP contribution < -0.4 is 5.73 Å². The average molecular weight is 292 g/mol. The van der Waals surface area contributed by atoms with Gasteiger partial charge in [0.2, 0.25) is 0 Å². The van der Waals surface area contributed by atoms with Crippen LogP contribution in [0.1, 0.15) is 44.8 Å². The topological polar surface area (TPSA) is 126 Å². The zero-order valence-corrected chi connectivity index (χ0v) is 11.8. The van der Waals surface area contributed by atoms with E-state index >= 15 is 0 Å². The van der Waals surface area contributed by atoms with Crippen LogP contribution in [-0.2, 0) is 11.1 Å². The number of hydrogen-bond donors (Lipinski definition) is 1. The molecule has 112 valence electrons. The van der Waals surface area contributed by atoms with Crippen molar-refractivity contribution in [2.45, 2.75) is 44.2 Å². The second kappa shape index (κ2) is 4.35. The summed E-state index contributed by atoms with van der Waals surface area (Å²) in [4.78, 5) is 14.6. The Kier molecular flexibility index (Phi) is 2.84. The van der Waals surface area contributed by atoms with E-state index in [4.69, 9.17) is 10.3 Å². The number of nitro groups is 1. The minimum Gasteiger partial charge on any atom is -0.337 e. The standard InChI is InChI=1S/C12H16N6O3/c1-11(2,17-7-8(6-14-17)18(19)20)10-15-9(16-21-10)12(13)4-3-5-12/h6-7H,3-5,13H2,1-2H3. The summed E-state index contributed by atoms with van der Waals surface area (Å²) in [5, 5.41) is 18.7. The minimum absolute atomic E-state index is 0.0860. The Labute approximate surface area is 120 Å². The zero-order chi connectivity index (χ0) is 15.3. The van der Waals surface area contributed by atoms with Crippen molar-refractivity contribution >= 4 is 5.69 Å². The third-order valence-corrected chi connectivity index (χ3v) is 3.99. The molecular weight excluding hydrogens is 276 g/mol. The lowest BCUT2D eigenvalue weighted by molar-refractivity contribution is -0.385. The summed E-state index contributed by atoms with van der Waals surface area (Å²) in [6.07, 6.45) is 5.25. The summed E-state index contributed by atoms with van der Waals surface area (Å²) in [5.41, 5.74) is 4.78. The van der Waals surface area contributed by atoms with Crippen LogP contribution in [0.15, 0.2) is 16.9 Å². The predicted molar refractivity (Wildman–Crippen MR) is 71.3 cm³/mol. The summed E-state index contributed by atoms with van der Waals surface area (Å²) in [6.45, 7) is 3.59. The fourth-order valence-electron chi connectivity index (χ4n) is 2.27. The molecule has 0 amide bonds. The molecule has 9 heteroatoms. The van der Waals surface area contributed by atoms with Crippen LogP contribution in [0.5, 0.6) is 0 Å². The second-order valence-corrected chi connectivity index (χ2v) is 5.89. The molecule has 1 aliphatic carbocycles. The van der Waals surface area contributed by atoms with Crippen molar-refractivity contribution in [3.8, 4) is 0 Å². The molecule has 0 radical (unpaired) electrons. The average Bonchev–Trinajstić information content (AvgIpc) is 3.05. The van der Waals surface area contributed by atoms with Gasteiger partial charge in [0.05, 0.1) is 10.5 Å². The molecule has 2 heterocycles. The molecule has 2 aromatic rings. The largest absolute Gasteiger partial charge is 0.337 e. The zero-order valence-electron chi connectivity index (χ0n) is 11.8. The quantitative estimate of drug-likeness (QED) is 0.664. The Bertz CT molecular complexity index is 685. The number of nitrogens with two attached hydrogens (primary N) is 1. The molecule has 0 aliphatic heterocycles. The van der Waals surface area contributed by atoms with Crippen molar-refractivity contribution in [1.82, 2.24) is 19.9 Å². The van der Waals surface area contributed by atoms with Crippen LogP contribution in [0.4, 0.5) is 5.69 Å². The molecule has 2 aromatic heterocycles.